The molecule has 4 aromatic heterocycles. The molecule has 0 spiro atoms. The zero-order valence-electron chi connectivity index (χ0n) is 34.9. The number of halogens is 2. The molecule has 0 aliphatic rings. The van der Waals surface area contributed by atoms with Gasteiger partial charge >= 0.3 is 23.4 Å². The van der Waals surface area contributed by atoms with Crippen LogP contribution in [0.4, 0.5) is 21.2 Å². The molecule has 4 heterocycles. The maximum Gasteiger partial charge on any atom is 0.339 e. The van der Waals surface area contributed by atoms with E-state index in [2.05, 4.69) is 19.9 Å². The number of nitrogen functional groups attached to an aromatic ring is 2. The molecule has 62 heavy (non-hydrogen) atoms. The molecule has 332 valence electrons. The van der Waals surface area contributed by atoms with E-state index < -0.39 is 42.9 Å². The van der Waals surface area contributed by atoms with Crippen LogP contribution < -0.4 is 22.8 Å². The van der Waals surface area contributed by atoms with Gasteiger partial charge in [0.15, 0.2) is 22.9 Å². The van der Waals surface area contributed by atoms with Crippen molar-refractivity contribution in [1.82, 2.24) is 48.0 Å². The molecule has 0 unspecified atom stereocenters. The Kier molecular flexibility index (Phi) is 14.5. The highest BCUT2D eigenvalue weighted by molar-refractivity contribution is 7.92. The Balaban J connectivity index is 0.000000234. The van der Waals surface area contributed by atoms with Gasteiger partial charge in [-0.25, -0.2) is 56.3 Å². The second-order valence-corrected chi connectivity index (χ2v) is 19.6. The first-order valence-corrected chi connectivity index (χ1v) is 23.5. The molecule has 2 amide bonds. The maximum atomic E-state index is 13.3. The third-order valence-corrected chi connectivity index (χ3v) is 13.3. The number of carbonyl (C=O) groups is 2. The number of nitrogens with two attached hydrogens (primary N) is 2. The summed E-state index contributed by atoms with van der Waals surface area (Å²) < 4.78 is 45.6. The van der Waals surface area contributed by atoms with Crippen molar-refractivity contribution in [3.05, 3.63) is 90.7 Å². The van der Waals surface area contributed by atoms with Crippen LogP contribution >= 0.6 is 23.2 Å². The lowest BCUT2D eigenvalue weighted by molar-refractivity contribution is 0.210. The van der Waals surface area contributed by atoms with Crippen LogP contribution in [0.1, 0.15) is 51.7 Å². The lowest BCUT2D eigenvalue weighted by Crippen LogP contribution is -2.38. The molecular formula is C38H48Cl2N14O6S2. The van der Waals surface area contributed by atoms with Crippen molar-refractivity contribution in [3.63, 3.8) is 0 Å². The molecule has 0 saturated heterocycles. The standard InChI is InChI=1S/2C19H24ClN7O3S/c2*1-4-10-25(3)18(28)27-14-15(21)23-17(31(22,30)5-2)24-16(14)26(19(27)29)11-12-6-8-13(20)9-7-12/h2*6-9,22H,4-5,10-11H2,1-3H3,(H2,21,23,24)/t2*31-/m10/s1. The summed E-state index contributed by atoms with van der Waals surface area (Å²) in [5, 5.41) is 0.550. The summed E-state index contributed by atoms with van der Waals surface area (Å²) in [7, 11) is -3.43. The first-order chi connectivity index (χ1) is 29.2. The number of carbonyl (C=O) groups excluding carboxylic acids is 2. The SMILES string of the molecule is CCCN(C)C(=O)n1c(=O)n(Cc2ccc(Cl)cc2)c2nc([S@@](=N)(=O)CC)nc(N)c21.CCCN(C)C(=O)n1c(=O)n(Cc2ccc(Cl)cc2)c2nc([S@](=N)(=O)CC)nc(N)c21. The summed E-state index contributed by atoms with van der Waals surface area (Å²) in [5.74, 6) is -0.395. The maximum absolute atomic E-state index is 13.3. The van der Waals surface area contributed by atoms with Crippen molar-refractivity contribution < 1.29 is 18.0 Å². The van der Waals surface area contributed by atoms with E-state index in [1.165, 1.54) is 18.9 Å². The van der Waals surface area contributed by atoms with Gasteiger partial charge in [0.05, 0.1) is 13.1 Å². The summed E-state index contributed by atoms with van der Waals surface area (Å²) in [4.78, 5) is 72.0. The van der Waals surface area contributed by atoms with Gasteiger partial charge in [-0.05, 0) is 48.2 Å². The predicted octanol–water partition coefficient (Wildman–Crippen LogP) is 5.22. The number of fused-ring (bicyclic) bond motifs is 2. The summed E-state index contributed by atoms with van der Waals surface area (Å²) in [6, 6.07) is 12.6. The molecule has 24 heteroatoms. The number of hydrogen-bond donors (Lipinski definition) is 4. The fraction of sp³-hybridized carbons (Fsp3) is 0.368. The van der Waals surface area contributed by atoms with Gasteiger partial charge < -0.3 is 21.3 Å². The zero-order chi connectivity index (χ0) is 45.8. The molecule has 0 radical (unpaired) electrons. The minimum atomic E-state index is -3.30. The molecule has 2 aromatic carbocycles. The van der Waals surface area contributed by atoms with Gasteiger partial charge in [-0.1, -0.05) is 75.2 Å². The van der Waals surface area contributed by atoms with E-state index in [4.69, 9.17) is 44.2 Å². The fourth-order valence-corrected chi connectivity index (χ4v) is 7.97. The van der Waals surface area contributed by atoms with Gasteiger partial charge in [0.2, 0.25) is 10.3 Å². The number of nitrogens with one attached hydrogen (secondary N) is 2. The number of hydrogen-bond acceptors (Lipinski definition) is 14. The monoisotopic (exact) mass is 930 g/mol. The fourth-order valence-electron chi connectivity index (χ4n) is 6.24. The summed E-state index contributed by atoms with van der Waals surface area (Å²) in [5.41, 5.74) is 12.5. The first-order valence-electron chi connectivity index (χ1n) is 19.3. The van der Waals surface area contributed by atoms with Gasteiger partial charge in [-0.3, -0.25) is 9.13 Å². The highest BCUT2D eigenvalue weighted by Gasteiger charge is 2.29. The van der Waals surface area contributed by atoms with Gasteiger partial charge in [0.1, 0.15) is 30.5 Å². The first kappa shape index (κ1) is 47.2. The second-order valence-electron chi connectivity index (χ2n) is 14.1. The largest absolute Gasteiger partial charge is 0.382 e. The molecule has 0 bridgehead atoms. The van der Waals surface area contributed by atoms with E-state index in [1.807, 2.05) is 13.8 Å². The normalized spacial score (nSPS) is 13.3. The number of amides is 2. The van der Waals surface area contributed by atoms with Crippen LogP contribution in [-0.2, 0) is 32.5 Å². The topological polar surface area (TPSA) is 280 Å². The number of anilines is 2. The van der Waals surface area contributed by atoms with Gasteiger partial charge in [-0.2, -0.15) is 9.97 Å². The van der Waals surface area contributed by atoms with Crippen LogP contribution in [0.2, 0.25) is 10.0 Å². The Labute approximate surface area is 367 Å². The summed E-state index contributed by atoms with van der Waals surface area (Å²) >= 11 is 11.9. The Bertz CT molecular complexity index is 2800. The molecule has 6 rings (SSSR count). The van der Waals surface area contributed by atoms with Crippen molar-refractivity contribution in [2.45, 2.75) is 63.9 Å². The number of rotatable bonds is 12. The highest BCUT2D eigenvalue weighted by atomic mass is 35.5. The Morgan fingerprint density at radius 3 is 1.24 bits per heavy atom. The van der Waals surface area contributed by atoms with Gasteiger partial charge in [0.25, 0.3) is 0 Å². The molecule has 6 N–H and O–H groups in total. The molecule has 0 fully saturated rings. The number of aromatic nitrogens is 8. The second kappa shape index (κ2) is 19.1. The quantitative estimate of drug-likeness (QED) is 0.115. The molecule has 2 atom stereocenters. The van der Waals surface area contributed by atoms with E-state index in [9.17, 15) is 27.6 Å². The van der Waals surface area contributed by atoms with Crippen LogP contribution in [0.15, 0.2) is 68.4 Å². The van der Waals surface area contributed by atoms with E-state index in [-0.39, 0.29) is 68.9 Å². The zero-order valence-corrected chi connectivity index (χ0v) is 38.1. The Morgan fingerprint density at radius 2 is 0.952 bits per heavy atom. The molecule has 20 nitrogen and oxygen atoms in total. The molecular weight excluding hydrogens is 884 g/mol. The Morgan fingerprint density at radius 1 is 0.629 bits per heavy atom. The summed E-state index contributed by atoms with van der Waals surface area (Å²) in [6.07, 6.45) is 1.40. The van der Waals surface area contributed by atoms with Gasteiger partial charge in [-0.15, -0.1) is 0 Å². The average Bonchev–Trinajstić information content (AvgIpc) is 3.68. The van der Waals surface area contributed by atoms with E-state index in [0.717, 1.165) is 20.3 Å². The number of imidazole rings is 2. The van der Waals surface area contributed by atoms with Gasteiger partial charge in [0, 0.05) is 48.7 Å². The molecule has 6 aromatic rings. The van der Waals surface area contributed by atoms with Crippen molar-refractivity contribution >= 4 is 88.7 Å². The van der Waals surface area contributed by atoms with Crippen LogP contribution in [-0.4, -0.2) is 107 Å². The van der Waals surface area contributed by atoms with Crippen molar-refractivity contribution in [2.24, 2.45) is 0 Å². The van der Waals surface area contributed by atoms with Crippen LogP contribution in [0, 0.1) is 9.56 Å². The van der Waals surface area contributed by atoms with Crippen molar-refractivity contribution in [2.75, 3.05) is 50.2 Å². The van der Waals surface area contributed by atoms with Crippen LogP contribution in [0.3, 0.4) is 0 Å². The van der Waals surface area contributed by atoms with Crippen LogP contribution in [0.25, 0.3) is 22.3 Å². The smallest absolute Gasteiger partial charge is 0.339 e. The van der Waals surface area contributed by atoms with Crippen molar-refractivity contribution in [1.29, 1.82) is 9.56 Å². The molecule has 0 aliphatic heterocycles. The number of nitrogens with zero attached hydrogens (tertiary/aromatic N) is 10. The number of benzene rings is 2. The Hall–Kier alpha value is -5.84. The lowest BCUT2D eigenvalue weighted by atomic mass is 10.2. The third kappa shape index (κ3) is 9.62. The van der Waals surface area contributed by atoms with E-state index >= 15 is 0 Å². The average molecular weight is 932 g/mol. The highest BCUT2D eigenvalue weighted by Crippen LogP contribution is 2.24. The summed E-state index contributed by atoms with van der Waals surface area (Å²) in [6.45, 7) is 8.00. The lowest BCUT2D eigenvalue weighted by Gasteiger charge is -2.16. The molecule has 0 aliphatic carbocycles. The third-order valence-electron chi connectivity index (χ3n) is 9.61. The van der Waals surface area contributed by atoms with E-state index in [0.29, 0.717) is 36.0 Å². The molecule has 0 saturated carbocycles. The predicted molar refractivity (Wildman–Crippen MR) is 240 cm³/mol. The van der Waals surface area contributed by atoms with E-state index in [1.54, 1.807) is 76.5 Å². The minimum absolute atomic E-state index is 0.0156. The van der Waals surface area contributed by atoms with Crippen LogP contribution in [0.5, 0.6) is 0 Å². The minimum Gasteiger partial charge on any atom is -0.382 e. The van der Waals surface area contributed by atoms with Crippen molar-refractivity contribution in [3.8, 4) is 0 Å².